The van der Waals surface area contributed by atoms with E-state index >= 15 is 0 Å². The molecule has 16 heavy (non-hydrogen) atoms. The number of aromatic nitrogens is 1. The normalized spacial score (nSPS) is 10.5. The first-order valence-corrected chi connectivity index (χ1v) is 5.79. The molecule has 0 N–H and O–H groups in total. The molecule has 5 heteroatoms. The van der Waals surface area contributed by atoms with Crippen LogP contribution >= 0.6 is 15.9 Å². The maximum atomic E-state index is 11.5. The van der Waals surface area contributed by atoms with Crippen molar-refractivity contribution in [3.05, 3.63) is 28.5 Å². The molecule has 4 nitrogen and oxygen atoms in total. The Labute approximate surface area is 103 Å². The molecule has 0 bridgehead atoms. The molecule has 0 atom stereocenters. The van der Waals surface area contributed by atoms with Crippen LogP contribution in [0, 0.1) is 0 Å². The number of rotatable bonds is 5. The van der Waals surface area contributed by atoms with E-state index in [1.807, 2.05) is 13.8 Å². The van der Waals surface area contributed by atoms with Crippen molar-refractivity contribution >= 4 is 21.9 Å². The topological polar surface area (TPSA) is 48.4 Å². The van der Waals surface area contributed by atoms with Crippen molar-refractivity contribution in [2.24, 2.45) is 0 Å². The Balaban J connectivity index is 2.32. The average Bonchev–Trinajstić information content (AvgIpc) is 2.25. The van der Waals surface area contributed by atoms with Gasteiger partial charge in [0.05, 0.1) is 18.3 Å². The second-order valence-corrected chi connectivity index (χ2v) is 4.24. The summed E-state index contributed by atoms with van der Waals surface area (Å²) in [6.07, 6.45) is 1.61. The molecule has 0 amide bonds. The maximum absolute atomic E-state index is 11.5. The highest BCUT2D eigenvalue weighted by Gasteiger charge is 2.07. The molecule has 0 aliphatic heterocycles. The predicted molar refractivity (Wildman–Crippen MR) is 63.3 cm³/mol. The summed E-state index contributed by atoms with van der Waals surface area (Å²) >= 11 is 3.19. The smallest absolute Gasteiger partial charge is 0.339 e. The van der Waals surface area contributed by atoms with Gasteiger partial charge in [0, 0.05) is 6.20 Å². The molecule has 88 valence electrons. The van der Waals surface area contributed by atoms with Crippen LogP contribution in [0.5, 0.6) is 0 Å². The third-order valence-corrected chi connectivity index (χ3v) is 2.20. The summed E-state index contributed by atoms with van der Waals surface area (Å²) in [7, 11) is 0. The molecule has 0 aliphatic carbocycles. The number of nitrogens with zero attached hydrogens (tertiary/aromatic N) is 1. The summed E-state index contributed by atoms with van der Waals surface area (Å²) in [6.45, 7) is 4.53. The molecule has 0 aliphatic rings. The number of esters is 1. The van der Waals surface area contributed by atoms with Crippen molar-refractivity contribution in [1.29, 1.82) is 0 Å². The van der Waals surface area contributed by atoms with E-state index in [0.29, 0.717) is 16.8 Å². The second-order valence-electron chi connectivity index (χ2n) is 3.43. The van der Waals surface area contributed by atoms with Gasteiger partial charge in [-0.05, 0) is 41.9 Å². The van der Waals surface area contributed by atoms with Crippen molar-refractivity contribution < 1.29 is 14.3 Å². The van der Waals surface area contributed by atoms with E-state index in [9.17, 15) is 4.79 Å². The standard InChI is InChI=1S/C11H14BrNO3/c1-8(2)15-5-6-16-11(14)9-3-4-10(12)13-7-9/h3-4,7-8H,5-6H2,1-2H3. The lowest BCUT2D eigenvalue weighted by atomic mass is 10.3. The predicted octanol–water partition coefficient (Wildman–Crippen LogP) is 2.43. The van der Waals surface area contributed by atoms with E-state index in [-0.39, 0.29) is 18.7 Å². The summed E-state index contributed by atoms with van der Waals surface area (Å²) in [4.78, 5) is 15.4. The van der Waals surface area contributed by atoms with Gasteiger partial charge in [0.25, 0.3) is 0 Å². The minimum Gasteiger partial charge on any atom is -0.460 e. The zero-order valence-corrected chi connectivity index (χ0v) is 10.9. The highest BCUT2D eigenvalue weighted by Crippen LogP contribution is 2.07. The van der Waals surface area contributed by atoms with E-state index in [1.165, 1.54) is 6.20 Å². The zero-order chi connectivity index (χ0) is 12.0. The number of pyridine rings is 1. The molecule has 0 saturated carbocycles. The Morgan fingerprint density at radius 2 is 2.19 bits per heavy atom. The molecule has 1 aromatic rings. The van der Waals surface area contributed by atoms with Gasteiger partial charge in [0.1, 0.15) is 11.2 Å². The van der Waals surface area contributed by atoms with Crippen LogP contribution in [0.2, 0.25) is 0 Å². The zero-order valence-electron chi connectivity index (χ0n) is 9.27. The van der Waals surface area contributed by atoms with Crippen LogP contribution in [0.4, 0.5) is 0 Å². The molecule has 1 rings (SSSR count). The van der Waals surface area contributed by atoms with Gasteiger partial charge in [-0.3, -0.25) is 0 Å². The first kappa shape index (κ1) is 13.1. The lowest BCUT2D eigenvalue weighted by Crippen LogP contribution is -2.13. The largest absolute Gasteiger partial charge is 0.460 e. The average molecular weight is 288 g/mol. The van der Waals surface area contributed by atoms with Crippen LogP contribution in [-0.4, -0.2) is 30.3 Å². The Hall–Kier alpha value is -0.940. The molecular weight excluding hydrogens is 274 g/mol. The maximum Gasteiger partial charge on any atom is 0.339 e. The van der Waals surface area contributed by atoms with Gasteiger partial charge in [-0.25, -0.2) is 9.78 Å². The fourth-order valence-corrected chi connectivity index (χ4v) is 1.23. The SMILES string of the molecule is CC(C)OCCOC(=O)c1ccc(Br)nc1. The van der Waals surface area contributed by atoms with E-state index in [0.717, 1.165) is 0 Å². The van der Waals surface area contributed by atoms with Crippen molar-refractivity contribution in [3.8, 4) is 0 Å². The summed E-state index contributed by atoms with van der Waals surface area (Å²) in [5, 5.41) is 0. The molecule has 1 aromatic heterocycles. The van der Waals surface area contributed by atoms with E-state index < -0.39 is 0 Å². The Bertz CT molecular complexity index is 338. The molecule has 0 unspecified atom stereocenters. The summed E-state index contributed by atoms with van der Waals surface area (Å²) in [5.41, 5.74) is 0.438. The van der Waals surface area contributed by atoms with Crippen LogP contribution < -0.4 is 0 Å². The first-order valence-electron chi connectivity index (χ1n) is 5.00. The van der Waals surface area contributed by atoms with E-state index in [1.54, 1.807) is 12.1 Å². The Kier molecular flexibility index (Phi) is 5.42. The van der Waals surface area contributed by atoms with Gasteiger partial charge in [0.2, 0.25) is 0 Å². The number of carbonyl (C=O) groups is 1. The quantitative estimate of drug-likeness (QED) is 0.474. The lowest BCUT2D eigenvalue weighted by Gasteiger charge is -2.08. The molecule has 0 spiro atoms. The minimum absolute atomic E-state index is 0.146. The van der Waals surface area contributed by atoms with Gasteiger partial charge >= 0.3 is 5.97 Å². The molecule has 0 fully saturated rings. The van der Waals surface area contributed by atoms with Crippen LogP contribution in [-0.2, 0) is 9.47 Å². The summed E-state index contributed by atoms with van der Waals surface area (Å²) in [5.74, 6) is -0.382. The minimum atomic E-state index is -0.382. The molecule has 1 heterocycles. The van der Waals surface area contributed by atoms with Crippen LogP contribution in [0.15, 0.2) is 22.9 Å². The number of ether oxygens (including phenoxy) is 2. The van der Waals surface area contributed by atoms with Gasteiger partial charge in [-0.15, -0.1) is 0 Å². The Morgan fingerprint density at radius 1 is 1.44 bits per heavy atom. The first-order chi connectivity index (χ1) is 7.59. The third-order valence-electron chi connectivity index (χ3n) is 1.73. The van der Waals surface area contributed by atoms with Gasteiger partial charge in [-0.2, -0.15) is 0 Å². The van der Waals surface area contributed by atoms with Crippen molar-refractivity contribution in [2.45, 2.75) is 20.0 Å². The van der Waals surface area contributed by atoms with E-state index in [4.69, 9.17) is 9.47 Å². The monoisotopic (exact) mass is 287 g/mol. The number of halogens is 1. The van der Waals surface area contributed by atoms with Crippen molar-refractivity contribution in [2.75, 3.05) is 13.2 Å². The summed E-state index contributed by atoms with van der Waals surface area (Å²) in [6, 6.07) is 3.35. The van der Waals surface area contributed by atoms with Gasteiger partial charge in [0.15, 0.2) is 0 Å². The molecule has 0 aromatic carbocycles. The second kappa shape index (κ2) is 6.60. The lowest BCUT2D eigenvalue weighted by molar-refractivity contribution is 0.0176. The third kappa shape index (κ3) is 4.72. The Morgan fingerprint density at radius 3 is 2.75 bits per heavy atom. The molecule has 0 saturated heterocycles. The highest BCUT2D eigenvalue weighted by atomic mass is 79.9. The fraction of sp³-hybridized carbons (Fsp3) is 0.455. The van der Waals surface area contributed by atoms with Gasteiger partial charge in [-0.1, -0.05) is 0 Å². The number of carbonyl (C=O) groups excluding carboxylic acids is 1. The highest BCUT2D eigenvalue weighted by molar-refractivity contribution is 9.10. The van der Waals surface area contributed by atoms with E-state index in [2.05, 4.69) is 20.9 Å². The van der Waals surface area contributed by atoms with Crippen molar-refractivity contribution in [3.63, 3.8) is 0 Å². The fourth-order valence-electron chi connectivity index (χ4n) is 0.998. The van der Waals surface area contributed by atoms with Crippen LogP contribution in [0.3, 0.4) is 0 Å². The van der Waals surface area contributed by atoms with Crippen LogP contribution in [0.25, 0.3) is 0 Å². The van der Waals surface area contributed by atoms with Gasteiger partial charge < -0.3 is 9.47 Å². The molecule has 0 radical (unpaired) electrons. The van der Waals surface area contributed by atoms with Crippen molar-refractivity contribution in [1.82, 2.24) is 4.98 Å². The molecular formula is C11H14BrNO3. The van der Waals surface area contributed by atoms with Crippen LogP contribution in [0.1, 0.15) is 24.2 Å². The summed E-state index contributed by atoms with van der Waals surface area (Å²) < 4.78 is 10.9. The number of hydrogen-bond donors (Lipinski definition) is 0. The number of hydrogen-bond acceptors (Lipinski definition) is 4.